The summed E-state index contributed by atoms with van der Waals surface area (Å²) in [7, 11) is 0. The molecule has 1 saturated heterocycles. The first kappa shape index (κ1) is 17.4. The Morgan fingerprint density at radius 2 is 2.14 bits per heavy atom. The minimum Gasteiger partial charge on any atom is -0.491 e. The van der Waals surface area contributed by atoms with Crippen molar-refractivity contribution in [2.45, 2.75) is 25.2 Å². The highest BCUT2D eigenvalue weighted by Crippen LogP contribution is 2.36. The zero-order chi connectivity index (χ0) is 19.1. The maximum Gasteiger partial charge on any atom is 0.148 e. The molecule has 0 unspecified atom stereocenters. The van der Waals surface area contributed by atoms with Crippen LogP contribution in [0.15, 0.2) is 53.5 Å². The van der Waals surface area contributed by atoms with E-state index in [-0.39, 0.29) is 12.3 Å². The van der Waals surface area contributed by atoms with E-state index < -0.39 is 0 Å². The lowest BCUT2D eigenvalue weighted by molar-refractivity contribution is -0.0156. The van der Waals surface area contributed by atoms with Crippen LogP contribution in [0.5, 0.6) is 5.75 Å². The van der Waals surface area contributed by atoms with Crippen LogP contribution >= 0.6 is 15.9 Å². The largest absolute Gasteiger partial charge is 0.491 e. The Labute approximate surface area is 169 Å². The van der Waals surface area contributed by atoms with Crippen molar-refractivity contribution in [3.8, 4) is 5.75 Å². The Hall–Kier alpha value is -2.71. The van der Waals surface area contributed by atoms with E-state index in [1.807, 2.05) is 41.1 Å². The molecule has 0 bridgehead atoms. The highest BCUT2D eigenvalue weighted by atomic mass is 79.9. The summed E-state index contributed by atoms with van der Waals surface area (Å²) in [6.45, 7) is 0.492. The van der Waals surface area contributed by atoms with Crippen LogP contribution in [0.1, 0.15) is 19.1 Å². The van der Waals surface area contributed by atoms with E-state index in [1.165, 1.54) is 6.33 Å². The summed E-state index contributed by atoms with van der Waals surface area (Å²) >= 11 is 3.54. The maximum atomic E-state index is 6.22. The molecule has 0 amide bonds. The first-order chi connectivity index (χ1) is 13.7. The van der Waals surface area contributed by atoms with Crippen LogP contribution in [0.3, 0.4) is 0 Å². The molecule has 5 rings (SSSR count). The fourth-order valence-electron chi connectivity index (χ4n) is 3.62. The Kier molecular flexibility index (Phi) is 4.37. The summed E-state index contributed by atoms with van der Waals surface area (Å²) in [4.78, 5) is 12.8. The number of aromatic nitrogens is 4. The summed E-state index contributed by atoms with van der Waals surface area (Å²) in [5.41, 5.74) is 7.68. The Bertz CT molecular complexity index is 1160. The van der Waals surface area contributed by atoms with Gasteiger partial charge in [-0.2, -0.15) is 0 Å². The van der Waals surface area contributed by atoms with Gasteiger partial charge in [-0.1, -0.05) is 6.07 Å². The number of pyridine rings is 1. The number of hydrogen-bond acceptors (Lipinski definition) is 6. The van der Waals surface area contributed by atoms with Crippen molar-refractivity contribution in [2.75, 3.05) is 12.3 Å². The van der Waals surface area contributed by atoms with Gasteiger partial charge >= 0.3 is 0 Å². The molecule has 0 radical (unpaired) electrons. The minimum absolute atomic E-state index is 0.0137. The number of anilines is 1. The van der Waals surface area contributed by atoms with Crippen LogP contribution in [0, 0.1) is 0 Å². The highest BCUT2D eigenvalue weighted by Gasteiger charge is 2.29. The predicted molar refractivity (Wildman–Crippen MR) is 110 cm³/mol. The van der Waals surface area contributed by atoms with E-state index in [1.54, 1.807) is 6.20 Å². The molecule has 0 spiro atoms. The topological polar surface area (TPSA) is 88.1 Å². The Morgan fingerprint density at radius 3 is 3.07 bits per heavy atom. The second-order valence-corrected chi connectivity index (χ2v) is 7.66. The number of halogens is 1. The molecule has 2 atom stereocenters. The first-order valence-corrected chi connectivity index (χ1v) is 9.88. The molecule has 7 nitrogen and oxygen atoms in total. The van der Waals surface area contributed by atoms with Crippen molar-refractivity contribution in [1.29, 1.82) is 0 Å². The molecule has 0 saturated carbocycles. The third-order valence-corrected chi connectivity index (χ3v) is 5.60. The molecule has 3 aromatic heterocycles. The van der Waals surface area contributed by atoms with Crippen LogP contribution in [0.2, 0.25) is 0 Å². The lowest BCUT2D eigenvalue weighted by atomic mass is 10.2. The number of nitrogens with two attached hydrogens (primary N) is 1. The molecule has 1 aliphatic heterocycles. The van der Waals surface area contributed by atoms with Gasteiger partial charge in [-0.25, -0.2) is 9.97 Å². The van der Waals surface area contributed by atoms with Crippen molar-refractivity contribution in [3.05, 3.63) is 53.5 Å². The van der Waals surface area contributed by atoms with E-state index >= 15 is 0 Å². The maximum absolute atomic E-state index is 6.22. The second-order valence-electron chi connectivity index (χ2n) is 6.80. The molecule has 1 aliphatic rings. The monoisotopic (exact) mass is 439 g/mol. The molecule has 142 valence electrons. The van der Waals surface area contributed by atoms with Crippen molar-refractivity contribution in [2.24, 2.45) is 0 Å². The van der Waals surface area contributed by atoms with Crippen LogP contribution in [0.25, 0.3) is 21.9 Å². The van der Waals surface area contributed by atoms with Gasteiger partial charge in [0.2, 0.25) is 0 Å². The summed E-state index contributed by atoms with van der Waals surface area (Å²) in [5, 5.41) is 1.91. The third-order valence-electron chi connectivity index (χ3n) is 5.00. The number of rotatable bonds is 4. The summed E-state index contributed by atoms with van der Waals surface area (Å²) in [5.74, 6) is 1.26. The molecule has 1 aromatic carbocycles. The smallest absolute Gasteiger partial charge is 0.148 e. The second kappa shape index (κ2) is 7.03. The average molecular weight is 440 g/mol. The summed E-state index contributed by atoms with van der Waals surface area (Å²) < 4.78 is 15.1. The molecular formula is C20H18BrN5O2. The quantitative estimate of drug-likeness (QED) is 0.515. The fraction of sp³-hybridized carbons (Fsp3) is 0.250. The highest BCUT2D eigenvalue weighted by molar-refractivity contribution is 9.10. The fourth-order valence-corrected chi connectivity index (χ4v) is 4.22. The zero-order valence-corrected chi connectivity index (χ0v) is 16.5. The van der Waals surface area contributed by atoms with Gasteiger partial charge in [0.1, 0.15) is 36.4 Å². The summed E-state index contributed by atoms with van der Waals surface area (Å²) in [6, 6.07) is 9.90. The molecular weight excluding hydrogens is 422 g/mol. The van der Waals surface area contributed by atoms with Crippen LogP contribution in [0.4, 0.5) is 5.82 Å². The normalized spacial score (nSPS) is 19.5. The van der Waals surface area contributed by atoms with Crippen molar-refractivity contribution in [3.63, 3.8) is 0 Å². The van der Waals surface area contributed by atoms with E-state index in [0.29, 0.717) is 12.4 Å². The molecule has 4 heterocycles. The third kappa shape index (κ3) is 3.08. The molecule has 4 aromatic rings. The zero-order valence-electron chi connectivity index (χ0n) is 15.0. The number of hydrogen-bond donors (Lipinski definition) is 1. The van der Waals surface area contributed by atoms with E-state index in [9.17, 15) is 0 Å². The summed E-state index contributed by atoms with van der Waals surface area (Å²) in [6.07, 6.45) is 6.92. The van der Waals surface area contributed by atoms with Gasteiger partial charge < -0.3 is 19.8 Å². The lowest BCUT2D eigenvalue weighted by Gasteiger charge is -2.16. The average Bonchev–Trinajstić information content (AvgIpc) is 3.31. The first-order valence-electron chi connectivity index (χ1n) is 9.08. The van der Waals surface area contributed by atoms with Crippen LogP contribution < -0.4 is 10.5 Å². The minimum atomic E-state index is -0.102. The van der Waals surface area contributed by atoms with Gasteiger partial charge in [-0.15, -0.1) is 0 Å². The number of nitrogen functional groups attached to an aromatic ring is 1. The molecule has 8 heteroatoms. The number of benzene rings is 1. The molecule has 0 aliphatic carbocycles. The van der Waals surface area contributed by atoms with Crippen molar-refractivity contribution >= 4 is 43.7 Å². The van der Waals surface area contributed by atoms with Gasteiger partial charge in [-0.3, -0.25) is 4.98 Å². The van der Waals surface area contributed by atoms with Gasteiger partial charge in [0.05, 0.1) is 17.0 Å². The number of nitrogens with zero attached hydrogens (tertiary/aromatic N) is 4. The lowest BCUT2D eigenvalue weighted by Crippen LogP contribution is -2.18. The predicted octanol–water partition coefficient (Wildman–Crippen LogP) is 4.08. The SMILES string of the molecule is Nc1ncnc2c1c(Br)cn2[C@H]1CC[C@@H](COc2ccc3cccnc3c2)O1. The van der Waals surface area contributed by atoms with Crippen molar-refractivity contribution < 1.29 is 9.47 Å². The van der Waals surface area contributed by atoms with Gasteiger partial charge in [0.25, 0.3) is 0 Å². The molecule has 1 fully saturated rings. The Balaban J connectivity index is 1.29. The van der Waals surface area contributed by atoms with Crippen molar-refractivity contribution in [1.82, 2.24) is 19.5 Å². The van der Waals surface area contributed by atoms with Gasteiger partial charge in [0, 0.05) is 28.3 Å². The van der Waals surface area contributed by atoms with Gasteiger partial charge in [-0.05, 0) is 47.0 Å². The van der Waals surface area contributed by atoms with Crippen LogP contribution in [-0.4, -0.2) is 32.2 Å². The van der Waals surface area contributed by atoms with Crippen LogP contribution in [-0.2, 0) is 4.74 Å². The van der Waals surface area contributed by atoms with E-state index in [2.05, 4.69) is 30.9 Å². The van der Waals surface area contributed by atoms with E-state index in [0.717, 1.165) is 45.0 Å². The van der Waals surface area contributed by atoms with E-state index in [4.69, 9.17) is 15.2 Å². The molecule has 2 N–H and O–H groups in total. The number of ether oxygens (including phenoxy) is 2. The number of fused-ring (bicyclic) bond motifs is 2. The Morgan fingerprint density at radius 1 is 1.21 bits per heavy atom. The van der Waals surface area contributed by atoms with Gasteiger partial charge in [0.15, 0.2) is 0 Å². The standard InChI is InChI=1S/C20H18BrN5O2/c21-15-9-26(20-18(15)19(22)24-11-25-20)17-6-5-14(28-17)10-27-13-4-3-12-2-1-7-23-16(12)8-13/h1-4,7-9,11,14,17H,5-6,10H2,(H2,22,24,25)/t14-,17+/m0/s1. The molecule has 28 heavy (non-hydrogen) atoms.